The van der Waals surface area contributed by atoms with Gasteiger partial charge in [0.2, 0.25) is 0 Å². The van der Waals surface area contributed by atoms with Crippen LogP contribution in [0.1, 0.15) is 290 Å². The quantitative estimate of drug-likeness (QED) is 0.0363. The maximum absolute atomic E-state index is 6.41. The van der Waals surface area contributed by atoms with Crippen molar-refractivity contribution in [2.75, 3.05) is 79.3 Å². The molecule has 0 aromatic heterocycles. The molecule has 0 aliphatic heterocycles. The highest BCUT2D eigenvalue weighted by Gasteiger charge is 2.32. The zero-order valence-corrected chi connectivity index (χ0v) is 68.6. The zero-order valence-electron chi connectivity index (χ0n) is 68.6. The molecule has 6 rings (SSSR count). The molecule has 0 atom stereocenters. The molecule has 0 amide bonds. The Morgan fingerprint density at radius 2 is 0.431 bits per heavy atom. The van der Waals surface area contributed by atoms with Crippen molar-refractivity contribution in [1.29, 1.82) is 0 Å². The van der Waals surface area contributed by atoms with Gasteiger partial charge in [-0.3, -0.25) is 0 Å². The van der Waals surface area contributed by atoms with E-state index in [1.54, 1.807) is 0 Å². The van der Waals surface area contributed by atoms with E-state index < -0.39 is 0 Å². The fourth-order valence-electron chi connectivity index (χ4n) is 12.1. The molecule has 12 heteroatoms. The number of benzene rings is 6. The summed E-state index contributed by atoms with van der Waals surface area (Å²) in [6.45, 7) is 60.0. The Hall–Kier alpha value is -7.08. The third-order valence-electron chi connectivity index (χ3n) is 16.7. The van der Waals surface area contributed by atoms with Crippen molar-refractivity contribution in [3.05, 3.63) is 117 Å². The first-order valence-corrected chi connectivity index (χ1v) is 39.8. The number of hydrogen-bond acceptors (Lipinski definition) is 12. The van der Waals surface area contributed by atoms with Crippen LogP contribution in [0.4, 0.5) is 0 Å². The highest BCUT2D eigenvalue weighted by molar-refractivity contribution is 5.90. The van der Waals surface area contributed by atoms with Gasteiger partial charge in [-0.2, -0.15) is 0 Å². The van der Waals surface area contributed by atoms with E-state index in [1.165, 1.54) is 33.4 Å². The van der Waals surface area contributed by atoms with Gasteiger partial charge in [0, 0.05) is 56.1 Å². The van der Waals surface area contributed by atoms with Gasteiger partial charge in [0.05, 0.1) is 90.4 Å². The molecular weight excluding hydrogens is 1270 g/mol. The van der Waals surface area contributed by atoms with Crippen molar-refractivity contribution in [3.63, 3.8) is 0 Å². The third kappa shape index (κ3) is 25.7. The van der Waals surface area contributed by atoms with Gasteiger partial charge < -0.3 is 56.8 Å². The minimum absolute atomic E-state index is 0.318. The van der Waals surface area contributed by atoms with E-state index in [9.17, 15) is 0 Å². The first-order valence-electron chi connectivity index (χ1n) is 39.8. The van der Waals surface area contributed by atoms with E-state index in [1.807, 2.05) is 42.5 Å². The van der Waals surface area contributed by atoms with Crippen molar-refractivity contribution < 1.29 is 56.8 Å². The summed E-state index contributed by atoms with van der Waals surface area (Å²) in [5.74, 6) is 12.1. The molecule has 0 heterocycles. The van der Waals surface area contributed by atoms with E-state index >= 15 is 0 Å². The molecule has 0 saturated heterocycles. The van der Waals surface area contributed by atoms with Gasteiger partial charge in [0.1, 0.15) is 69.0 Å². The molecule has 0 spiro atoms. The second-order valence-electron chi connectivity index (χ2n) is 26.9. The summed E-state index contributed by atoms with van der Waals surface area (Å²) in [6.07, 6.45) is 14.4. The monoisotopic (exact) mass is 1410 g/mol. The third-order valence-corrected chi connectivity index (χ3v) is 16.7. The lowest BCUT2D eigenvalue weighted by Gasteiger charge is -2.30. The Kier molecular flexibility index (Phi) is 44.0. The minimum atomic E-state index is 0.318. The van der Waals surface area contributed by atoms with Gasteiger partial charge in [0.15, 0.2) is 0 Å². The Labute approximate surface area is 621 Å². The molecule has 0 saturated carbocycles. The lowest BCUT2D eigenvalue weighted by molar-refractivity contribution is 0.269. The van der Waals surface area contributed by atoms with Crippen molar-refractivity contribution >= 4 is 0 Å². The predicted molar refractivity (Wildman–Crippen MR) is 431 cm³/mol. The smallest absolute Gasteiger partial charge is 0.142 e. The topological polar surface area (TPSA) is 111 Å². The van der Waals surface area contributed by atoms with Gasteiger partial charge in [-0.1, -0.05) is 206 Å². The summed E-state index contributed by atoms with van der Waals surface area (Å²) < 4.78 is 74.3. The lowest BCUT2D eigenvalue weighted by Crippen LogP contribution is -2.14. The molecule has 0 aliphatic rings. The first-order chi connectivity index (χ1) is 49.4. The van der Waals surface area contributed by atoms with Crippen LogP contribution in [0.2, 0.25) is 0 Å². The van der Waals surface area contributed by atoms with Crippen LogP contribution in [0.5, 0.6) is 69.0 Å². The summed E-state index contributed by atoms with van der Waals surface area (Å²) in [5.41, 5.74) is 14.6. The summed E-state index contributed by atoms with van der Waals surface area (Å²) in [4.78, 5) is 0. The molecule has 0 fully saturated rings. The highest BCUT2D eigenvalue weighted by Crippen LogP contribution is 2.54. The Morgan fingerprint density at radius 1 is 0.235 bits per heavy atom. The van der Waals surface area contributed by atoms with Crippen LogP contribution in [0.3, 0.4) is 0 Å². The van der Waals surface area contributed by atoms with Crippen LogP contribution in [0.25, 0.3) is 22.3 Å². The van der Waals surface area contributed by atoms with E-state index in [4.69, 9.17) is 56.8 Å². The van der Waals surface area contributed by atoms with Gasteiger partial charge in [-0.05, 0) is 146 Å². The maximum atomic E-state index is 6.41. The molecule has 102 heavy (non-hydrogen) atoms. The average Bonchev–Trinajstić information content (AvgIpc) is 0.761. The second kappa shape index (κ2) is 50.3. The molecule has 572 valence electrons. The van der Waals surface area contributed by atoms with Crippen LogP contribution < -0.4 is 56.8 Å². The van der Waals surface area contributed by atoms with Gasteiger partial charge >= 0.3 is 0 Å². The van der Waals surface area contributed by atoms with Crippen molar-refractivity contribution in [3.8, 4) is 91.2 Å². The normalized spacial score (nSPS) is 10.9. The van der Waals surface area contributed by atoms with E-state index in [0.29, 0.717) is 77.2 Å². The molecule has 0 radical (unpaired) electrons. The lowest BCUT2D eigenvalue weighted by atomic mass is 9.85. The van der Waals surface area contributed by atoms with Crippen LogP contribution in [-0.4, -0.2) is 79.3 Å². The fraction of sp³-hybridized carbons (Fsp3) is 0.600. The summed E-state index contributed by atoms with van der Waals surface area (Å²) in [6, 6.07) is 22.7. The molecule has 0 unspecified atom stereocenters. The van der Waals surface area contributed by atoms with Crippen LogP contribution in [0.15, 0.2) is 66.7 Å². The Balaban J connectivity index is 0.000000357. The van der Waals surface area contributed by atoms with Gasteiger partial charge in [-0.25, -0.2) is 0 Å². The van der Waals surface area contributed by atoms with Crippen LogP contribution >= 0.6 is 0 Å². The minimum Gasteiger partial charge on any atom is -0.493 e. The SMILES string of the molecule is CCCOc1c(C(C)C)c(OCCC)c(C(C)C)c(OCCC)c1C(C)C.CCCOc1c(C)c(OCCC)c(C)c(OCCC)c1C.CCCOc1c(CC)c(OCCC)c(CC)c(OCCC)c1CC.CCCOc1cc(OCCC)c(-c2ccccc2)c(OCCC)c1-c1ccccc1. The predicted octanol–water partition coefficient (Wildman–Crippen LogP) is 25.5. The first kappa shape index (κ1) is 89.1. The molecule has 12 nitrogen and oxygen atoms in total. The molecule has 0 N–H and O–H groups in total. The largest absolute Gasteiger partial charge is 0.493 e. The standard InChI is InChI=1S/C27H32O3.C24H42O3.C21H36O3.C18H30O3/c1-4-17-28-23-20-24(29-18-5-2)26(22-15-11-8-12-16-22)27(30-19-6-3)25(23)21-13-9-7-10-14-21;1-10-13-25-22-19(16(4)5)23(26-14-11-2)21(18(8)9)24(27-15-12-3)20(22)17(6)7;1-7-13-22-19-16(10-4)20(23-14-8-2)18(12-6)21(17(19)11-5)24-15-9-3;1-7-10-19-16-13(4)17(20-11-8-2)15(6)18(14(16)5)21-12-9-3/h7-16,20H,4-6,17-19H2,1-3H3;16-18H,10-15H2,1-9H3;7-15H2,1-6H3;7-12H2,1-6H3. The average molecular weight is 1410 g/mol. The molecular formula is C90H140O12. The summed E-state index contributed by atoms with van der Waals surface area (Å²) in [5, 5.41) is 0. The fourth-order valence-corrected chi connectivity index (χ4v) is 12.1. The molecule has 0 aliphatic carbocycles. The summed E-state index contributed by atoms with van der Waals surface area (Å²) >= 11 is 0. The zero-order chi connectivity index (χ0) is 75.5. The summed E-state index contributed by atoms with van der Waals surface area (Å²) in [7, 11) is 0. The number of rotatable bonds is 44. The van der Waals surface area contributed by atoms with Crippen molar-refractivity contribution in [1.82, 2.24) is 0 Å². The van der Waals surface area contributed by atoms with Crippen LogP contribution in [-0.2, 0) is 19.3 Å². The number of ether oxygens (including phenoxy) is 12. The molecule has 0 bridgehead atoms. The van der Waals surface area contributed by atoms with Crippen LogP contribution in [0, 0.1) is 20.8 Å². The van der Waals surface area contributed by atoms with E-state index in [2.05, 4.69) is 190 Å². The second-order valence-corrected chi connectivity index (χ2v) is 26.9. The van der Waals surface area contributed by atoms with E-state index in [0.717, 1.165) is 224 Å². The number of hydrogen-bond donors (Lipinski definition) is 0. The van der Waals surface area contributed by atoms with Gasteiger partial charge in [0.25, 0.3) is 0 Å². The molecule has 6 aromatic carbocycles. The van der Waals surface area contributed by atoms with Crippen molar-refractivity contribution in [2.45, 2.75) is 280 Å². The Morgan fingerprint density at radius 3 is 0.637 bits per heavy atom. The van der Waals surface area contributed by atoms with E-state index in [-0.39, 0.29) is 0 Å². The molecule has 6 aromatic rings. The van der Waals surface area contributed by atoms with Gasteiger partial charge in [-0.15, -0.1) is 0 Å². The van der Waals surface area contributed by atoms with Crippen molar-refractivity contribution in [2.24, 2.45) is 0 Å². The Bertz CT molecular complexity index is 2920. The highest BCUT2D eigenvalue weighted by atomic mass is 16.5. The maximum Gasteiger partial charge on any atom is 0.142 e.